The van der Waals surface area contributed by atoms with E-state index in [2.05, 4.69) is 13.8 Å². The predicted molar refractivity (Wildman–Crippen MR) is 117 cm³/mol. The maximum absolute atomic E-state index is 12.9. The summed E-state index contributed by atoms with van der Waals surface area (Å²) in [5.41, 5.74) is 2.28. The number of ether oxygens (including phenoxy) is 2. The summed E-state index contributed by atoms with van der Waals surface area (Å²) in [7, 11) is 0. The number of aryl methyl sites for hydroxylation is 2. The highest BCUT2D eigenvalue weighted by atomic mass is 16.5. The van der Waals surface area contributed by atoms with E-state index in [1.165, 1.54) is 0 Å². The van der Waals surface area contributed by atoms with E-state index in [0.29, 0.717) is 11.5 Å². The van der Waals surface area contributed by atoms with Crippen molar-refractivity contribution in [3.63, 3.8) is 0 Å². The van der Waals surface area contributed by atoms with Crippen LogP contribution in [0.3, 0.4) is 0 Å². The zero-order chi connectivity index (χ0) is 21.3. The number of rotatable bonds is 8. The van der Waals surface area contributed by atoms with Crippen LogP contribution >= 0.6 is 0 Å². The van der Waals surface area contributed by atoms with Gasteiger partial charge in [-0.25, -0.2) is 9.59 Å². The molecule has 3 aromatic rings. The van der Waals surface area contributed by atoms with Crippen molar-refractivity contribution in [2.75, 3.05) is 0 Å². The molecule has 0 N–H and O–H groups in total. The fourth-order valence-electron chi connectivity index (χ4n) is 3.31. The average Bonchev–Trinajstić information content (AvgIpc) is 2.77. The Morgan fingerprint density at radius 1 is 0.600 bits per heavy atom. The first-order chi connectivity index (χ1) is 14.6. The molecule has 0 saturated carbocycles. The Labute approximate surface area is 177 Å². The number of hydrogen-bond acceptors (Lipinski definition) is 4. The molecule has 0 radical (unpaired) electrons. The summed E-state index contributed by atoms with van der Waals surface area (Å²) in [6.07, 6.45) is 3.49. The molecule has 4 nitrogen and oxygen atoms in total. The van der Waals surface area contributed by atoms with Crippen LogP contribution in [0.25, 0.3) is 0 Å². The average molecular weight is 402 g/mol. The zero-order valence-corrected chi connectivity index (χ0v) is 17.4. The smallest absolute Gasteiger partial charge is 0.344 e. The minimum Gasteiger partial charge on any atom is -0.423 e. The standard InChI is InChI=1S/C26H26O4/c1-3-11-19-13-5-9-17-23(19)29-25(27)21-15-7-8-16-22(21)26(28)30-24-18-10-6-14-20(24)12-4-2/h5-10,13-18H,3-4,11-12H2,1-2H3. The van der Waals surface area contributed by atoms with Crippen molar-refractivity contribution in [3.05, 3.63) is 95.1 Å². The third-order valence-corrected chi connectivity index (χ3v) is 4.76. The van der Waals surface area contributed by atoms with Gasteiger partial charge >= 0.3 is 11.9 Å². The quantitative estimate of drug-likeness (QED) is 0.341. The molecule has 30 heavy (non-hydrogen) atoms. The maximum atomic E-state index is 12.9. The lowest BCUT2D eigenvalue weighted by molar-refractivity contribution is 0.0690. The van der Waals surface area contributed by atoms with Crippen LogP contribution in [0.4, 0.5) is 0 Å². The molecule has 4 heteroatoms. The second kappa shape index (κ2) is 10.4. The molecule has 0 fully saturated rings. The molecule has 0 aliphatic heterocycles. The molecule has 0 atom stereocenters. The number of carbonyl (C=O) groups is 2. The molecule has 0 unspecified atom stereocenters. The minimum absolute atomic E-state index is 0.182. The zero-order valence-electron chi connectivity index (χ0n) is 17.4. The highest BCUT2D eigenvalue weighted by Crippen LogP contribution is 2.24. The van der Waals surface area contributed by atoms with Gasteiger partial charge in [0.05, 0.1) is 11.1 Å². The molecule has 3 rings (SSSR count). The van der Waals surface area contributed by atoms with Gasteiger partial charge in [0.15, 0.2) is 0 Å². The summed E-state index contributed by atoms with van der Waals surface area (Å²) in [4.78, 5) is 25.8. The lowest BCUT2D eigenvalue weighted by Gasteiger charge is -2.13. The van der Waals surface area contributed by atoms with Crippen LogP contribution in [0.2, 0.25) is 0 Å². The topological polar surface area (TPSA) is 52.6 Å². The van der Waals surface area contributed by atoms with E-state index >= 15 is 0 Å². The summed E-state index contributed by atoms with van der Waals surface area (Å²) < 4.78 is 11.3. The van der Waals surface area contributed by atoms with E-state index < -0.39 is 11.9 Å². The van der Waals surface area contributed by atoms with Crippen molar-refractivity contribution in [1.29, 1.82) is 0 Å². The second-order valence-electron chi connectivity index (χ2n) is 7.04. The molecule has 154 valence electrons. The van der Waals surface area contributed by atoms with Crippen LogP contribution < -0.4 is 9.47 Å². The summed E-state index contributed by atoms with van der Waals surface area (Å²) in [6.45, 7) is 4.14. The van der Waals surface area contributed by atoms with Gasteiger partial charge < -0.3 is 9.47 Å². The molecule has 0 aromatic heterocycles. The fourth-order valence-corrected chi connectivity index (χ4v) is 3.31. The van der Waals surface area contributed by atoms with Crippen LogP contribution in [0.1, 0.15) is 58.5 Å². The Balaban J connectivity index is 1.84. The molecule has 0 bridgehead atoms. The van der Waals surface area contributed by atoms with E-state index in [9.17, 15) is 9.59 Å². The van der Waals surface area contributed by atoms with Gasteiger partial charge in [-0.15, -0.1) is 0 Å². The SMILES string of the molecule is CCCc1ccccc1OC(=O)c1ccccc1C(=O)Oc1ccccc1CCC. The minimum atomic E-state index is -0.576. The van der Waals surface area contributed by atoms with Crippen molar-refractivity contribution in [3.8, 4) is 11.5 Å². The summed E-state index contributed by atoms with van der Waals surface area (Å²) in [6, 6.07) is 21.5. The van der Waals surface area contributed by atoms with Gasteiger partial charge in [0, 0.05) is 0 Å². The van der Waals surface area contributed by atoms with Crippen LogP contribution in [-0.2, 0) is 12.8 Å². The molecule has 0 saturated heterocycles. The first-order valence-corrected chi connectivity index (χ1v) is 10.3. The summed E-state index contributed by atoms with van der Waals surface area (Å²) in [5.74, 6) is -0.123. The van der Waals surface area contributed by atoms with E-state index in [1.807, 2.05) is 36.4 Å². The van der Waals surface area contributed by atoms with Gasteiger partial charge in [0.25, 0.3) is 0 Å². The molecule has 0 heterocycles. The Kier molecular flexibility index (Phi) is 7.39. The lowest BCUT2D eigenvalue weighted by Crippen LogP contribution is -2.18. The number of para-hydroxylation sites is 2. The van der Waals surface area contributed by atoms with E-state index in [4.69, 9.17) is 9.47 Å². The first kappa shape index (κ1) is 21.3. The van der Waals surface area contributed by atoms with Crippen molar-refractivity contribution in [2.45, 2.75) is 39.5 Å². The molecular formula is C26H26O4. The molecule has 0 aliphatic carbocycles. The Hall–Kier alpha value is -3.40. The fraction of sp³-hybridized carbons (Fsp3) is 0.231. The van der Waals surface area contributed by atoms with E-state index in [-0.39, 0.29) is 11.1 Å². The maximum Gasteiger partial charge on any atom is 0.344 e. The number of benzene rings is 3. The molecular weight excluding hydrogens is 376 g/mol. The molecule has 0 aliphatic rings. The molecule has 0 amide bonds. The first-order valence-electron chi connectivity index (χ1n) is 10.3. The van der Waals surface area contributed by atoms with Gasteiger partial charge in [-0.05, 0) is 48.2 Å². The van der Waals surface area contributed by atoms with E-state index in [1.54, 1.807) is 36.4 Å². The van der Waals surface area contributed by atoms with Gasteiger partial charge in [-0.1, -0.05) is 75.2 Å². The monoisotopic (exact) mass is 402 g/mol. The van der Waals surface area contributed by atoms with Crippen molar-refractivity contribution in [2.24, 2.45) is 0 Å². The summed E-state index contributed by atoms with van der Waals surface area (Å²) >= 11 is 0. The molecule has 0 spiro atoms. The van der Waals surface area contributed by atoms with Gasteiger partial charge in [0.1, 0.15) is 11.5 Å². The number of hydrogen-bond donors (Lipinski definition) is 0. The number of carbonyl (C=O) groups excluding carboxylic acids is 2. The second-order valence-corrected chi connectivity index (χ2v) is 7.04. The van der Waals surface area contributed by atoms with Crippen molar-refractivity contribution in [1.82, 2.24) is 0 Å². The lowest BCUT2D eigenvalue weighted by atomic mass is 10.1. The van der Waals surface area contributed by atoms with Gasteiger partial charge in [-0.3, -0.25) is 0 Å². The normalized spacial score (nSPS) is 10.5. The van der Waals surface area contributed by atoms with Crippen LogP contribution in [0.15, 0.2) is 72.8 Å². The van der Waals surface area contributed by atoms with Crippen molar-refractivity contribution >= 4 is 11.9 Å². The van der Waals surface area contributed by atoms with Crippen LogP contribution in [-0.4, -0.2) is 11.9 Å². The Morgan fingerprint density at radius 3 is 1.37 bits per heavy atom. The van der Waals surface area contributed by atoms with E-state index in [0.717, 1.165) is 36.8 Å². The highest BCUT2D eigenvalue weighted by molar-refractivity contribution is 6.04. The number of esters is 2. The Morgan fingerprint density at radius 2 is 0.967 bits per heavy atom. The summed E-state index contributed by atoms with van der Waals surface area (Å²) in [5, 5.41) is 0. The van der Waals surface area contributed by atoms with Crippen molar-refractivity contribution < 1.29 is 19.1 Å². The third-order valence-electron chi connectivity index (χ3n) is 4.76. The van der Waals surface area contributed by atoms with Crippen LogP contribution in [0.5, 0.6) is 11.5 Å². The molecule has 3 aromatic carbocycles. The van der Waals surface area contributed by atoms with Crippen LogP contribution in [0, 0.1) is 0 Å². The Bertz CT molecular complexity index is 940. The predicted octanol–water partition coefficient (Wildman–Crippen LogP) is 6.03. The third kappa shape index (κ3) is 5.15. The highest BCUT2D eigenvalue weighted by Gasteiger charge is 2.21. The van der Waals surface area contributed by atoms with Gasteiger partial charge in [-0.2, -0.15) is 0 Å². The van der Waals surface area contributed by atoms with Gasteiger partial charge in [0.2, 0.25) is 0 Å². The largest absolute Gasteiger partial charge is 0.423 e.